The molecule has 0 heterocycles. The molecule has 0 aliphatic heterocycles. The topological polar surface area (TPSA) is 0 Å². The van der Waals surface area contributed by atoms with E-state index in [2.05, 4.69) is 90.1 Å². The van der Waals surface area contributed by atoms with Crippen LogP contribution in [0.5, 0.6) is 0 Å². The molecule has 0 saturated carbocycles. The van der Waals surface area contributed by atoms with Gasteiger partial charge in [-0.25, -0.2) is 0 Å². The third kappa shape index (κ3) is 2.61. The number of rotatable bonds is 1. The summed E-state index contributed by atoms with van der Waals surface area (Å²) >= 11 is 0. The van der Waals surface area contributed by atoms with Gasteiger partial charge in [-0.2, -0.15) is 0 Å². The van der Waals surface area contributed by atoms with E-state index in [0.717, 1.165) is 0 Å². The van der Waals surface area contributed by atoms with Crippen LogP contribution in [0.1, 0.15) is 33.4 Å². The third-order valence-electron chi connectivity index (χ3n) is 5.66. The van der Waals surface area contributed by atoms with Crippen molar-refractivity contribution in [2.24, 2.45) is 0 Å². The van der Waals surface area contributed by atoms with Crippen molar-refractivity contribution in [3.8, 4) is 11.1 Å². The quantitative estimate of drug-likeness (QED) is 0.315. The molecule has 0 amide bonds. The lowest BCUT2D eigenvalue weighted by Crippen LogP contribution is -1.94. The zero-order valence-electron chi connectivity index (χ0n) is 16.6. The highest BCUT2D eigenvalue weighted by Crippen LogP contribution is 2.40. The fourth-order valence-corrected chi connectivity index (χ4v) is 4.28. The lowest BCUT2D eigenvalue weighted by molar-refractivity contribution is 1.36. The van der Waals surface area contributed by atoms with Crippen molar-refractivity contribution in [2.45, 2.75) is 41.5 Å². The van der Waals surface area contributed by atoms with Crippen molar-refractivity contribution in [3.63, 3.8) is 0 Å². The van der Waals surface area contributed by atoms with Crippen LogP contribution in [-0.4, -0.2) is 0 Å². The average molecular weight is 338 g/mol. The lowest BCUT2D eigenvalue weighted by Gasteiger charge is -2.18. The second-order valence-corrected chi connectivity index (χ2v) is 7.91. The largest absolute Gasteiger partial charge is 0.0587 e. The summed E-state index contributed by atoms with van der Waals surface area (Å²) in [4.78, 5) is 0. The van der Waals surface area contributed by atoms with Gasteiger partial charge in [-0.1, -0.05) is 65.2 Å². The molecule has 4 rings (SSSR count). The molecule has 0 nitrogen and oxygen atoms in total. The molecule has 0 fully saturated rings. The molecule has 0 radical (unpaired) electrons. The van der Waals surface area contributed by atoms with Crippen LogP contribution >= 0.6 is 0 Å². The Bertz CT molecular complexity index is 1160. The Kier molecular flexibility index (Phi) is 3.88. The Morgan fingerprint density at radius 3 is 1.73 bits per heavy atom. The van der Waals surface area contributed by atoms with Gasteiger partial charge >= 0.3 is 0 Å². The van der Waals surface area contributed by atoms with Crippen LogP contribution in [-0.2, 0) is 0 Å². The summed E-state index contributed by atoms with van der Waals surface area (Å²) < 4.78 is 0. The number of benzene rings is 4. The maximum Gasteiger partial charge on any atom is -0.00694 e. The normalized spacial score (nSPS) is 11.5. The molecular weight excluding hydrogens is 312 g/mol. The molecule has 0 aliphatic rings. The number of hydrogen-bond acceptors (Lipinski definition) is 0. The molecule has 0 saturated heterocycles. The molecule has 4 aromatic carbocycles. The minimum Gasteiger partial charge on any atom is -0.0587 e. The maximum absolute atomic E-state index is 2.38. The van der Waals surface area contributed by atoms with Gasteiger partial charge in [-0.05, 0) is 90.9 Å². The smallest absolute Gasteiger partial charge is 0.00694 e. The first-order valence-corrected chi connectivity index (χ1v) is 9.37. The monoisotopic (exact) mass is 338 g/mol. The van der Waals surface area contributed by atoms with E-state index in [-0.39, 0.29) is 0 Å². The summed E-state index contributed by atoms with van der Waals surface area (Å²) in [6.45, 7) is 13.3. The Balaban J connectivity index is 2.26. The summed E-state index contributed by atoms with van der Waals surface area (Å²) in [5, 5.41) is 5.46. The summed E-state index contributed by atoms with van der Waals surface area (Å²) in [6.07, 6.45) is 0. The number of hydrogen-bond donors (Lipinski definition) is 0. The van der Waals surface area contributed by atoms with Gasteiger partial charge in [0.05, 0.1) is 0 Å². The van der Waals surface area contributed by atoms with Crippen molar-refractivity contribution < 1.29 is 0 Å². The van der Waals surface area contributed by atoms with Crippen LogP contribution in [0.4, 0.5) is 0 Å². The van der Waals surface area contributed by atoms with Gasteiger partial charge in [0.1, 0.15) is 0 Å². The predicted octanol–water partition coefficient (Wildman–Crippen LogP) is 7.51. The first kappa shape index (κ1) is 16.8. The number of fused-ring (bicyclic) bond motifs is 3. The molecule has 0 heteroatoms. The van der Waals surface area contributed by atoms with Crippen LogP contribution in [0.25, 0.3) is 32.7 Å². The van der Waals surface area contributed by atoms with E-state index in [1.54, 1.807) is 0 Å². The van der Waals surface area contributed by atoms with E-state index in [1.165, 1.54) is 66.1 Å². The highest BCUT2D eigenvalue weighted by molar-refractivity contribution is 6.16. The molecule has 4 aromatic rings. The SMILES string of the molecule is Cc1cc(C)cc(-c2c(C)c3cc(C)ccc3c3cc(C)c(C)cc23)c1. The van der Waals surface area contributed by atoms with Gasteiger partial charge in [-0.15, -0.1) is 0 Å². The standard InChI is InChI=1S/C26H26/c1-15-7-8-22-23(12-15)20(6)26(21-10-16(2)9-17(3)11-21)25-14-19(5)18(4)13-24(22)25/h7-14H,1-6H3. The van der Waals surface area contributed by atoms with Crippen LogP contribution in [0.15, 0.2) is 48.5 Å². The number of aryl methyl sites for hydroxylation is 6. The van der Waals surface area contributed by atoms with Gasteiger partial charge in [0.15, 0.2) is 0 Å². The lowest BCUT2D eigenvalue weighted by atomic mass is 9.86. The molecule has 26 heavy (non-hydrogen) atoms. The Hall–Kier alpha value is -2.60. The van der Waals surface area contributed by atoms with Crippen LogP contribution in [0.2, 0.25) is 0 Å². The summed E-state index contributed by atoms with van der Waals surface area (Å²) in [7, 11) is 0. The molecular formula is C26H26. The summed E-state index contributed by atoms with van der Waals surface area (Å²) in [5.74, 6) is 0. The van der Waals surface area contributed by atoms with Crippen LogP contribution in [0, 0.1) is 41.5 Å². The van der Waals surface area contributed by atoms with Crippen LogP contribution < -0.4 is 0 Å². The van der Waals surface area contributed by atoms with Crippen molar-refractivity contribution in [3.05, 3.63) is 81.9 Å². The van der Waals surface area contributed by atoms with Gasteiger partial charge in [-0.3, -0.25) is 0 Å². The predicted molar refractivity (Wildman–Crippen MR) is 115 cm³/mol. The van der Waals surface area contributed by atoms with Crippen molar-refractivity contribution in [2.75, 3.05) is 0 Å². The molecule has 130 valence electrons. The first-order valence-electron chi connectivity index (χ1n) is 9.37. The van der Waals surface area contributed by atoms with E-state index < -0.39 is 0 Å². The van der Waals surface area contributed by atoms with E-state index in [1.807, 2.05) is 0 Å². The zero-order chi connectivity index (χ0) is 18.6. The van der Waals surface area contributed by atoms with Gasteiger partial charge in [0.2, 0.25) is 0 Å². The summed E-state index contributed by atoms with van der Waals surface area (Å²) in [6, 6.07) is 18.5. The van der Waals surface area contributed by atoms with Crippen molar-refractivity contribution in [1.29, 1.82) is 0 Å². The first-order chi connectivity index (χ1) is 12.3. The molecule has 0 spiro atoms. The third-order valence-corrected chi connectivity index (χ3v) is 5.66. The minimum atomic E-state index is 1.31. The second-order valence-electron chi connectivity index (χ2n) is 7.91. The molecule has 0 N–H and O–H groups in total. The maximum atomic E-state index is 2.38. The molecule has 0 atom stereocenters. The molecule has 0 aliphatic carbocycles. The Morgan fingerprint density at radius 1 is 0.462 bits per heavy atom. The van der Waals surface area contributed by atoms with E-state index >= 15 is 0 Å². The van der Waals surface area contributed by atoms with E-state index in [9.17, 15) is 0 Å². The molecule has 0 aromatic heterocycles. The van der Waals surface area contributed by atoms with E-state index in [4.69, 9.17) is 0 Å². The average Bonchev–Trinajstić information content (AvgIpc) is 2.56. The van der Waals surface area contributed by atoms with Gasteiger partial charge < -0.3 is 0 Å². The van der Waals surface area contributed by atoms with E-state index in [0.29, 0.717) is 0 Å². The fourth-order valence-electron chi connectivity index (χ4n) is 4.28. The second kappa shape index (κ2) is 5.99. The van der Waals surface area contributed by atoms with Gasteiger partial charge in [0, 0.05) is 0 Å². The van der Waals surface area contributed by atoms with Crippen molar-refractivity contribution >= 4 is 21.5 Å². The minimum absolute atomic E-state index is 1.31. The zero-order valence-corrected chi connectivity index (χ0v) is 16.6. The highest BCUT2D eigenvalue weighted by atomic mass is 14.2. The van der Waals surface area contributed by atoms with Crippen LogP contribution in [0.3, 0.4) is 0 Å². The Labute approximate surface area is 156 Å². The fraction of sp³-hybridized carbons (Fsp3) is 0.231. The highest BCUT2D eigenvalue weighted by Gasteiger charge is 2.15. The Morgan fingerprint density at radius 2 is 1.08 bits per heavy atom. The molecule has 0 unspecified atom stereocenters. The summed E-state index contributed by atoms with van der Waals surface area (Å²) in [5.41, 5.74) is 10.8. The molecule has 0 bridgehead atoms. The van der Waals surface area contributed by atoms with Gasteiger partial charge in [0.25, 0.3) is 0 Å². The van der Waals surface area contributed by atoms with Crippen molar-refractivity contribution in [1.82, 2.24) is 0 Å².